The summed E-state index contributed by atoms with van der Waals surface area (Å²) in [6.45, 7) is -0.348. The van der Waals surface area contributed by atoms with Crippen LogP contribution in [0, 0.1) is 0 Å². The number of hydrogen-bond donors (Lipinski definition) is 2. The monoisotopic (exact) mass is 301 g/mol. The molecular weight excluding hydrogens is 288 g/mol. The highest BCUT2D eigenvalue weighted by Gasteiger charge is 2.22. The zero-order valence-corrected chi connectivity index (χ0v) is 11.7. The molecule has 0 unspecified atom stereocenters. The first-order valence-electron chi connectivity index (χ1n) is 6.30. The molecular formula is C14H13N4O4-. The molecule has 8 heteroatoms. The molecule has 0 atom stereocenters. The second kappa shape index (κ2) is 6.08. The van der Waals surface area contributed by atoms with E-state index in [9.17, 15) is 19.5 Å². The van der Waals surface area contributed by atoms with Gasteiger partial charge in [-0.05, 0) is 0 Å². The predicted octanol–water partition coefficient (Wildman–Crippen LogP) is -1.00. The van der Waals surface area contributed by atoms with Gasteiger partial charge in [0.05, 0.1) is 18.2 Å². The lowest BCUT2D eigenvalue weighted by molar-refractivity contribution is -0.255. The van der Waals surface area contributed by atoms with E-state index in [-0.39, 0.29) is 18.1 Å². The highest BCUT2D eigenvalue weighted by Crippen LogP contribution is 2.18. The fourth-order valence-corrected chi connectivity index (χ4v) is 1.89. The van der Waals surface area contributed by atoms with E-state index in [0.29, 0.717) is 5.56 Å². The molecule has 1 heterocycles. The molecule has 0 bridgehead atoms. The number of primary amides is 1. The van der Waals surface area contributed by atoms with Crippen LogP contribution in [0.1, 0.15) is 21.0 Å². The lowest BCUT2D eigenvalue weighted by Gasteiger charge is -2.14. The number of hydrogen-bond acceptors (Lipinski definition) is 5. The molecule has 0 aliphatic heterocycles. The molecule has 0 aliphatic rings. The third-order valence-electron chi connectivity index (χ3n) is 2.90. The highest BCUT2D eigenvalue weighted by atomic mass is 16.4. The number of aromatic amines is 1. The van der Waals surface area contributed by atoms with Crippen LogP contribution >= 0.6 is 0 Å². The summed E-state index contributed by atoms with van der Waals surface area (Å²) in [4.78, 5) is 41.8. The molecule has 22 heavy (non-hydrogen) atoms. The first-order valence-corrected chi connectivity index (χ1v) is 6.30. The molecule has 2 aromatic rings. The number of benzene rings is 1. The third kappa shape index (κ3) is 3.11. The minimum Gasteiger partial charge on any atom is -0.543 e. The average Bonchev–Trinajstić information content (AvgIpc) is 2.92. The Labute approximate surface area is 125 Å². The van der Waals surface area contributed by atoms with Crippen LogP contribution in [-0.2, 0) is 4.79 Å². The Hall–Kier alpha value is -3.16. The van der Waals surface area contributed by atoms with Crippen LogP contribution in [0.25, 0.3) is 11.4 Å². The van der Waals surface area contributed by atoms with Gasteiger partial charge in [0.15, 0.2) is 5.69 Å². The maximum absolute atomic E-state index is 12.2. The van der Waals surface area contributed by atoms with Crippen LogP contribution in [0.5, 0.6) is 0 Å². The SMILES string of the molecule is CN(CC(N)=O)C(=O)c1nc(-c2ccccc2)[nH]c1C(=O)[O-]. The Morgan fingerprint density at radius 3 is 2.45 bits per heavy atom. The van der Waals surface area contributed by atoms with E-state index >= 15 is 0 Å². The number of rotatable bonds is 5. The molecule has 0 spiro atoms. The fraction of sp³-hybridized carbons (Fsp3) is 0.143. The maximum Gasteiger partial charge on any atom is 0.274 e. The van der Waals surface area contributed by atoms with Gasteiger partial charge in [-0.25, -0.2) is 4.98 Å². The van der Waals surface area contributed by atoms with Gasteiger partial charge in [0.25, 0.3) is 5.91 Å². The number of nitrogens with one attached hydrogen (secondary N) is 1. The van der Waals surface area contributed by atoms with E-state index in [0.717, 1.165) is 4.90 Å². The normalized spacial score (nSPS) is 10.2. The molecule has 2 rings (SSSR count). The summed E-state index contributed by atoms with van der Waals surface area (Å²) in [5, 5.41) is 11.2. The number of nitrogens with zero attached hydrogens (tertiary/aromatic N) is 2. The van der Waals surface area contributed by atoms with Crippen LogP contribution in [0.15, 0.2) is 30.3 Å². The van der Waals surface area contributed by atoms with Gasteiger partial charge >= 0.3 is 0 Å². The number of amides is 2. The van der Waals surface area contributed by atoms with Gasteiger partial charge in [-0.15, -0.1) is 0 Å². The summed E-state index contributed by atoms with van der Waals surface area (Å²) in [6.07, 6.45) is 0. The van der Waals surface area contributed by atoms with Gasteiger partial charge in [0, 0.05) is 12.6 Å². The van der Waals surface area contributed by atoms with Crippen LogP contribution in [0.2, 0.25) is 0 Å². The van der Waals surface area contributed by atoms with Crippen molar-refractivity contribution in [1.82, 2.24) is 14.9 Å². The molecule has 0 saturated carbocycles. The molecule has 2 amide bonds. The van der Waals surface area contributed by atoms with E-state index in [1.54, 1.807) is 30.3 Å². The molecule has 1 aromatic carbocycles. The van der Waals surface area contributed by atoms with Crippen molar-refractivity contribution in [2.24, 2.45) is 5.73 Å². The van der Waals surface area contributed by atoms with Gasteiger partial charge in [0.1, 0.15) is 5.82 Å². The zero-order chi connectivity index (χ0) is 16.3. The Morgan fingerprint density at radius 2 is 1.91 bits per heavy atom. The number of aromatic carboxylic acids is 1. The summed E-state index contributed by atoms with van der Waals surface area (Å²) in [5.74, 6) is -2.80. The number of carboxylic acids is 1. The first-order chi connectivity index (χ1) is 10.4. The lowest BCUT2D eigenvalue weighted by Crippen LogP contribution is -2.37. The average molecular weight is 301 g/mol. The van der Waals surface area contributed by atoms with Gasteiger partial charge in [-0.1, -0.05) is 30.3 Å². The number of nitrogens with two attached hydrogens (primary N) is 1. The van der Waals surface area contributed by atoms with Crippen molar-refractivity contribution in [2.75, 3.05) is 13.6 Å². The largest absolute Gasteiger partial charge is 0.543 e. The third-order valence-corrected chi connectivity index (χ3v) is 2.90. The Kier molecular flexibility index (Phi) is 4.21. The van der Waals surface area contributed by atoms with Crippen molar-refractivity contribution in [2.45, 2.75) is 0 Å². The van der Waals surface area contributed by atoms with Crippen LogP contribution in [0.3, 0.4) is 0 Å². The fourth-order valence-electron chi connectivity index (χ4n) is 1.89. The van der Waals surface area contributed by atoms with E-state index in [2.05, 4.69) is 9.97 Å². The Bertz CT molecular complexity index is 724. The van der Waals surface area contributed by atoms with E-state index in [1.165, 1.54) is 7.05 Å². The summed E-state index contributed by atoms with van der Waals surface area (Å²) in [7, 11) is 1.32. The smallest absolute Gasteiger partial charge is 0.274 e. The molecule has 3 N–H and O–H groups in total. The van der Waals surface area contributed by atoms with E-state index < -0.39 is 23.5 Å². The summed E-state index contributed by atoms with van der Waals surface area (Å²) in [6, 6.07) is 8.70. The summed E-state index contributed by atoms with van der Waals surface area (Å²) >= 11 is 0. The number of H-pyrrole nitrogens is 1. The minimum absolute atomic E-state index is 0.218. The molecule has 0 saturated heterocycles. The van der Waals surface area contributed by atoms with E-state index in [1.807, 2.05) is 0 Å². The van der Waals surface area contributed by atoms with Crippen LogP contribution in [-0.4, -0.2) is 46.2 Å². The molecule has 114 valence electrons. The van der Waals surface area contributed by atoms with E-state index in [4.69, 9.17) is 5.73 Å². The standard InChI is InChI=1S/C14H14N4O4/c1-18(7-9(15)19)13(20)10-11(14(21)22)17-12(16-10)8-5-3-2-4-6-8/h2-6H,7H2,1H3,(H2,15,19)(H,16,17)(H,21,22)/p-1. The molecule has 1 aromatic heterocycles. The van der Waals surface area contributed by atoms with Crippen molar-refractivity contribution >= 4 is 17.8 Å². The number of imidazole rings is 1. The molecule has 8 nitrogen and oxygen atoms in total. The number of likely N-dealkylation sites (N-methyl/N-ethyl adjacent to an activating group) is 1. The van der Waals surface area contributed by atoms with Crippen molar-refractivity contribution in [1.29, 1.82) is 0 Å². The van der Waals surface area contributed by atoms with Crippen molar-refractivity contribution in [3.05, 3.63) is 41.7 Å². The van der Waals surface area contributed by atoms with Crippen LogP contribution < -0.4 is 10.8 Å². The lowest BCUT2D eigenvalue weighted by atomic mass is 10.2. The molecule has 0 fully saturated rings. The van der Waals surface area contributed by atoms with Crippen molar-refractivity contribution < 1.29 is 19.5 Å². The zero-order valence-electron chi connectivity index (χ0n) is 11.7. The van der Waals surface area contributed by atoms with Gasteiger partial charge < -0.3 is 25.5 Å². The molecule has 0 radical (unpaired) electrons. The molecule has 0 aliphatic carbocycles. The van der Waals surface area contributed by atoms with Crippen molar-refractivity contribution in [3.63, 3.8) is 0 Å². The number of aromatic nitrogens is 2. The number of carboxylic acid groups (broad SMARTS) is 1. The topological polar surface area (TPSA) is 132 Å². The second-order valence-electron chi connectivity index (χ2n) is 4.59. The highest BCUT2D eigenvalue weighted by molar-refractivity contribution is 6.03. The van der Waals surface area contributed by atoms with Gasteiger partial charge in [-0.2, -0.15) is 0 Å². The summed E-state index contributed by atoms with van der Waals surface area (Å²) < 4.78 is 0. The van der Waals surface area contributed by atoms with Gasteiger partial charge in [-0.3, -0.25) is 9.59 Å². The minimum atomic E-state index is -1.56. The van der Waals surface area contributed by atoms with Crippen LogP contribution in [0.4, 0.5) is 0 Å². The predicted molar refractivity (Wildman–Crippen MR) is 74.5 cm³/mol. The Balaban J connectivity index is 2.42. The first kappa shape index (κ1) is 15.2. The quantitative estimate of drug-likeness (QED) is 0.730. The van der Waals surface area contributed by atoms with Gasteiger partial charge in [0.2, 0.25) is 5.91 Å². The number of carbonyl (C=O) groups is 3. The summed E-state index contributed by atoms with van der Waals surface area (Å²) in [5.41, 5.74) is 4.85. The number of carbonyl (C=O) groups excluding carboxylic acids is 3. The van der Waals surface area contributed by atoms with Crippen molar-refractivity contribution in [3.8, 4) is 11.4 Å². The maximum atomic E-state index is 12.2. The second-order valence-corrected chi connectivity index (χ2v) is 4.59. The Morgan fingerprint density at radius 1 is 1.27 bits per heavy atom.